The molecule has 1 heterocycles. The van der Waals surface area contributed by atoms with Crippen LogP contribution in [0.15, 0.2) is 24.0 Å². The third-order valence-corrected chi connectivity index (χ3v) is 11.2. The van der Waals surface area contributed by atoms with Crippen LogP contribution in [0.2, 0.25) is 0 Å². The minimum Gasteiger partial charge on any atom is -0.508 e. The third kappa shape index (κ3) is 3.70. The highest BCUT2D eigenvalue weighted by Crippen LogP contribution is 2.68. The molecule has 2 unspecified atom stereocenters. The first kappa shape index (κ1) is 23.0. The Hall–Kier alpha value is -0.800. The Kier molecular flexibility index (Phi) is 6.29. The van der Waals surface area contributed by atoms with Crippen LogP contribution in [-0.2, 0) is 9.47 Å². The molecule has 0 spiro atoms. The number of hydrogen-bond donors (Lipinski definition) is 1. The van der Waals surface area contributed by atoms with Crippen LogP contribution in [0.5, 0.6) is 0 Å². The van der Waals surface area contributed by atoms with Gasteiger partial charge in [0.15, 0.2) is 0 Å². The minimum absolute atomic E-state index is 0.337. The summed E-state index contributed by atoms with van der Waals surface area (Å²) in [6.45, 7) is 12.9. The van der Waals surface area contributed by atoms with Crippen LogP contribution in [0.1, 0.15) is 91.4 Å². The number of fused-ring (bicyclic) bond motifs is 5. The lowest BCUT2D eigenvalue weighted by molar-refractivity contribution is -0.153. The van der Waals surface area contributed by atoms with Crippen LogP contribution >= 0.6 is 0 Å². The fraction of sp³-hybridized carbons (Fsp3) is 0.862. The first-order valence-electron chi connectivity index (χ1n) is 13.6. The summed E-state index contributed by atoms with van der Waals surface area (Å²) >= 11 is 0. The van der Waals surface area contributed by atoms with E-state index in [9.17, 15) is 5.11 Å². The molecule has 0 aromatic heterocycles. The van der Waals surface area contributed by atoms with Gasteiger partial charge in [0, 0.05) is 6.61 Å². The zero-order valence-corrected chi connectivity index (χ0v) is 20.8. The summed E-state index contributed by atoms with van der Waals surface area (Å²) in [5, 5.41) is 10.4. The van der Waals surface area contributed by atoms with E-state index in [1.165, 1.54) is 69.8 Å². The van der Waals surface area contributed by atoms with Crippen LogP contribution in [0, 0.1) is 40.4 Å². The number of hydrogen-bond acceptors (Lipinski definition) is 3. The SMILES string of the molecule is C=CC(O)=C(C)[C@H]1CC[C@H]2[C@@H]3CCC4C[C@@H](OC5CCCOC5)CC[C@]4(C)[C@H]3CC[C@]12C. The van der Waals surface area contributed by atoms with E-state index in [0.717, 1.165) is 43.3 Å². The number of allylic oxidation sites excluding steroid dienone is 2. The second-order valence-corrected chi connectivity index (χ2v) is 12.5. The van der Waals surface area contributed by atoms with Gasteiger partial charge < -0.3 is 14.6 Å². The predicted molar refractivity (Wildman–Crippen MR) is 129 cm³/mol. The molecule has 0 amide bonds. The Morgan fingerprint density at radius 1 is 0.969 bits per heavy atom. The smallest absolute Gasteiger partial charge is 0.114 e. The molecule has 1 aliphatic heterocycles. The van der Waals surface area contributed by atoms with Gasteiger partial charge in [-0.05, 0) is 130 Å². The van der Waals surface area contributed by atoms with Gasteiger partial charge in [0.2, 0.25) is 0 Å². The van der Waals surface area contributed by atoms with Crippen molar-refractivity contribution in [2.24, 2.45) is 40.4 Å². The normalized spacial score (nSPS) is 49.4. The summed E-state index contributed by atoms with van der Waals surface area (Å²) in [6, 6.07) is 0. The topological polar surface area (TPSA) is 38.7 Å². The summed E-state index contributed by atoms with van der Waals surface area (Å²) in [5.41, 5.74) is 2.04. The van der Waals surface area contributed by atoms with Gasteiger partial charge in [-0.3, -0.25) is 0 Å². The monoisotopic (exact) mass is 442 g/mol. The maximum Gasteiger partial charge on any atom is 0.114 e. The molecular formula is C29H46O3. The van der Waals surface area contributed by atoms with E-state index >= 15 is 0 Å². The van der Waals surface area contributed by atoms with Crippen molar-refractivity contribution in [2.75, 3.05) is 13.2 Å². The minimum atomic E-state index is 0.337. The Balaban J connectivity index is 1.29. The van der Waals surface area contributed by atoms with E-state index in [1.807, 2.05) is 0 Å². The summed E-state index contributed by atoms with van der Waals surface area (Å²) in [5.74, 6) is 4.37. The van der Waals surface area contributed by atoms with Crippen molar-refractivity contribution >= 4 is 0 Å². The molecule has 5 aliphatic rings. The first-order chi connectivity index (χ1) is 15.4. The molecule has 3 nitrogen and oxygen atoms in total. The molecule has 0 aromatic rings. The molecular weight excluding hydrogens is 396 g/mol. The maximum absolute atomic E-state index is 10.4. The van der Waals surface area contributed by atoms with Crippen LogP contribution in [-0.4, -0.2) is 30.5 Å². The molecule has 5 rings (SSSR count). The second kappa shape index (κ2) is 8.77. The summed E-state index contributed by atoms with van der Waals surface area (Å²) < 4.78 is 12.2. The predicted octanol–water partition coefficient (Wildman–Crippen LogP) is 7.23. The van der Waals surface area contributed by atoms with Gasteiger partial charge in [0.1, 0.15) is 5.76 Å². The van der Waals surface area contributed by atoms with Gasteiger partial charge in [-0.15, -0.1) is 0 Å². The lowest BCUT2D eigenvalue weighted by Gasteiger charge is -2.61. The van der Waals surface area contributed by atoms with Gasteiger partial charge in [0.05, 0.1) is 18.8 Å². The lowest BCUT2D eigenvalue weighted by Crippen LogP contribution is -2.54. The number of rotatable bonds is 4. The van der Waals surface area contributed by atoms with Crippen molar-refractivity contribution in [2.45, 2.75) is 104 Å². The van der Waals surface area contributed by atoms with E-state index in [0.29, 0.717) is 34.7 Å². The van der Waals surface area contributed by atoms with Crippen molar-refractivity contribution in [1.29, 1.82) is 0 Å². The van der Waals surface area contributed by atoms with E-state index in [2.05, 4.69) is 27.4 Å². The number of ether oxygens (including phenoxy) is 2. The molecule has 0 radical (unpaired) electrons. The molecule has 3 heteroatoms. The van der Waals surface area contributed by atoms with Crippen molar-refractivity contribution in [3.63, 3.8) is 0 Å². The largest absolute Gasteiger partial charge is 0.508 e. The fourth-order valence-electron chi connectivity index (χ4n) is 9.48. The standard InChI is InChI=1S/C29H46O3/c1-5-27(30)19(2)24-10-11-25-23-9-8-20-17-21(32-22-7-6-16-31-18-22)12-14-28(20,3)26(23)13-15-29(24,25)4/h5,20-26,30H,1,6-18H2,2-4H3/t20?,21-,22?,23-,24+,25-,26-,28-,29+/m0/s1. The van der Waals surface area contributed by atoms with E-state index in [4.69, 9.17) is 9.47 Å². The van der Waals surface area contributed by atoms with Gasteiger partial charge >= 0.3 is 0 Å². The molecule has 4 aliphatic carbocycles. The van der Waals surface area contributed by atoms with Crippen LogP contribution in [0.4, 0.5) is 0 Å². The molecule has 4 saturated carbocycles. The summed E-state index contributed by atoms with van der Waals surface area (Å²) in [7, 11) is 0. The van der Waals surface area contributed by atoms with Gasteiger partial charge in [-0.1, -0.05) is 20.4 Å². The average Bonchev–Trinajstić information content (AvgIpc) is 3.16. The zero-order valence-electron chi connectivity index (χ0n) is 20.8. The molecule has 0 aromatic carbocycles. The second-order valence-electron chi connectivity index (χ2n) is 12.5. The molecule has 180 valence electrons. The quantitative estimate of drug-likeness (QED) is 0.369. The molecule has 9 atom stereocenters. The third-order valence-electron chi connectivity index (χ3n) is 11.2. The lowest BCUT2D eigenvalue weighted by atomic mass is 9.44. The highest BCUT2D eigenvalue weighted by molar-refractivity contribution is 5.23. The van der Waals surface area contributed by atoms with Gasteiger partial charge in [0.25, 0.3) is 0 Å². The molecule has 1 N–H and O–H groups in total. The molecule has 1 saturated heterocycles. The fourth-order valence-corrected chi connectivity index (χ4v) is 9.48. The van der Waals surface area contributed by atoms with Gasteiger partial charge in [-0.2, -0.15) is 0 Å². The highest BCUT2D eigenvalue weighted by Gasteiger charge is 2.60. The van der Waals surface area contributed by atoms with Gasteiger partial charge in [-0.25, -0.2) is 0 Å². The van der Waals surface area contributed by atoms with E-state index in [-0.39, 0.29) is 0 Å². The Morgan fingerprint density at radius 2 is 1.75 bits per heavy atom. The molecule has 5 fully saturated rings. The van der Waals surface area contributed by atoms with E-state index in [1.54, 1.807) is 6.08 Å². The Bertz CT molecular complexity index is 737. The van der Waals surface area contributed by atoms with Crippen LogP contribution in [0.3, 0.4) is 0 Å². The van der Waals surface area contributed by atoms with Crippen molar-refractivity contribution in [3.8, 4) is 0 Å². The van der Waals surface area contributed by atoms with Crippen molar-refractivity contribution in [3.05, 3.63) is 24.0 Å². The average molecular weight is 443 g/mol. The first-order valence-corrected chi connectivity index (χ1v) is 13.6. The number of aliphatic hydroxyl groups is 1. The van der Waals surface area contributed by atoms with Crippen LogP contribution in [0.25, 0.3) is 0 Å². The Labute approximate surface area is 196 Å². The zero-order chi connectivity index (χ0) is 22.5. The molecule has 0 bridgehead atoms. The summed E-state index contributed by atoms with van der Waals surface area (Å²) in [4.78, 5) is 0. The molecule has 32 heavy (non-hydrogen) atoms. The van der Waals surface area contributed by atoms with Crippen molar-refractivity contribution < 1.29 is 14.6 Å². The maximum atomic E-state index is 10.4. The number of aliphatic hydroxyl groups excluding tert-OH is 1. The summed E-state index contributed by atoms with van der Waals surface area (Å²) in [6.07, 6.45) is 16.7. The highest BCUT2D eigenvalue weighted by atomic mass is 16.5. The van der Waals surface area contributed by atoms with Crippen molar-refractivity contribution in [1.82, 2.24) is 0 Å². The van der Waals surface area contributed by atoms with Crippen LogP contribution < -0.4 is 0 Å². The Morgan fingerprint density at radius 3 is 2.50 bits per heavy atom. The van der Waals surface area contributed by atoms with E-state index < -0.39 is 0 Å².